The zero-order valence-electron chi connectivity index (χ0n) is 37.4. The first-order valence-electron chi connectivity index (χ1n) is 21.6. The molecule has 2 aromatic carbocycles. The first-order chi connectivity index (χ1) is 31.2. The zero-order valence-corrected chi connectivity index (χ0v) is 37.4. The van der Waals surface area contributed by atoms with E-state index in [4.69, 9.17) is 5.73 Å². The molecule has 0 saturated heterocycles. The van der Waals surface area contributed by atoms with Crippen LogP contribution in [0.2, 0.25) is 0 Å². The van der Waals surface area contributed by atoms with E-state index in [0.717, 1.165) is 5.52 Å². The summed E-state index contributed by atoms with van der Waals surface area (Å²) in [6.45, 7) is 7.28. The Bertz CT molecular complexity index is 2360. The predicted octanol–water partition coefficient (Wildman–Crippen LogP) is -0.305. The third-order valence-electron chi connectivity index (χ3n) is 10.9. The molecule has 21 nitrogen and oxygen atoms in total. The van der Waals surface area contributed by atoms with Crippen LogP contribution in [-0.2, 0) is 51.2 Å². The fraction of sp³-hybridized carbons (Fsp3) is 0.467. The average molecular weight is 920 g/mol. The molecule has 0 radical (unpaired) electrons. The number of hydrogen-bond donors (Lipinski definition) is 13. The molecular weight excluding hydrogens is 859 g/mol. The number of carbonyl (C=O) groups excluding carboxylic acids is 6. The van der Waals surface area contributed by atoms with Gasteiger partial charge in [-0.05, 0) is 54.9 Å². The van der Waals surface area contributed by atoms with E-state index in [0.29, 0.717) is 27.4 Å². The zero-order chi connectivity index (χ0) is 48.8. The van der Waals surface area contributed by atoms with Gasteiger partial charge in [-0.3, -0.25) is 33.6 Å². The highest BCUT2D eigenvalue weighted by Gasteiger charge is 2.36. The SMILES string of the molecule is CC(C)C[C@H](NC(=O)[C@H](Cc1c[nH]c2ccccc12)NC(=O)[C@@H](NC(=O)[C@H](CCC(=O)O)NC(=O)[C@H](Cc1c[nH]c2ccccc12)NC(=O)[C@@H](NC(=O)[C@@H](N)CO)C(C)C)[C@@H](C)O)C(=O)O. The Morgan fingerprint density at radius 3 is 1.47 bits per heavy atom. The van der Waals surface area contributed by atoms with Crippen LogP contribution in [0.1, 0.15) is 65.0 Å². The summed E-state index contributed by atoms with van der Waals surface area (Å²) in [6.07, 6.45) is 0.215. The summed E-state index contributed by atoms with van der Waals surface area (Å²) >= 11 is 0. The highest BCUT2D eigenvalue weighted by atomic mass is 16.4. The average Bonchev–Trinajstić information content (AvgIpc) is 3.87. The van der Waals surface area contributed by atoms with Crippen LogP contribution in [0.4, 0.5) is 0 Å². The summed E-state index contributed by atoms with van der Waals surface area (Å²) in [5, 5.41) is 56.1. The van der Waals surface area contributed by atoms with Gasteiger partial charge in [0.05, 0.1) is 12.7 Å². The van der Waals surface area contributed by atoms with Crippen molar-refractivity contribution in [1.82, 2.24) is 41.9 Å². The van der Waals surface area contributed by atoms with Crippen molar-refractivity contribution in [3.8, 4) is 0 Å². The van der Waals surface area contributed by atoms with E-state index < -0.39 is 121 Å². The standard InChI is InChI=1S/C45H61N9O12/c1-22(2)16-35(45(65)66)52-42(62)34(18-26-20-48-31-13-9-7-11-28(26)31)51-44(64)38(24(5)56)54-40(60)32(14-15-36(57)58)49-41(61)33(17-25-19-47-30-12-8-6-10-27(25)30)50-43(63)37(23(3)4)53-39(59)29(46)21-55/h6-13,19-20,22-24,29,32-35,37-38,47-48,55-56H,14-18,21,46H2,1-5H3,(H,49,61)(H,50,63)(H,51,64)(H,52,62)(H,53,59)(H,54,60)(H,57,58)(H,65,66)/t24-,29+,32+,33+,34+,35+,37+,38+/m1/s1. The number of hydrogen-bond acceptors (Lipinski definition) is 11. The molecule has 66 heavy (non-hydrogen) atoms. The minimum absolute atomic E-state index is 0.0746. The molecule has 21 heteroatoms. The van der Waals surface area contributed by atoms with Gasteiger partial charge in [-0.2, -0.15) is 0 Å². The summed E-state index contributed by atoms with van der Waals surface area (Å²) in [5.74, 6) is -8.92. The topological polar surface area (TPSA) is 347 Å². The summed E-state index contributed by atoms with van der Waals surface area (Å²) in [5.41, 5.74) is 8.26. The molecule has 0 saturated carbocycles. The minimum Gasteiger partial charge on any atom is -0.481 e. The van der Waals surface area contributed by atoms with Crippen LogP contribution < -0.4 is 37.6 Å². The van der Waals surface area contributed by atoms with E-state index in [9.17, 15) is 58.8 Å². The summed E-state index contributed by atoms with van der Waals surface area (Å²) < 4.78 is 0. The van der Waals surface area contributed by atoms with Gasteiger partial charge >= 0.3 is 11.9 Å². The Balaban J connectivity index is 1.63. The number of aliphatic carboxylic acids is 2. The second-order valence-electron chi connectivity index (χ2n) is 17.0. The number of carboxylic acid groups (broad SMARTS) is 2. The number of nitrogens with two attached hydrogens (primary N) is 1. The maximum Gasteiger partial charge on any atom is 0.326 e. The second kappa shape index (κ2) is 23.9. The van der Waals surface area contributed by atoms with Crippen molar-refractivity contribution in [2.45, 2.75) is 115 Å². The van der Waals surface area contributed by atoms with Gasteiger partial charge in [-0.25, -0.2) is 4.79 Å². The largest absolute Gasteiger partial charge is 0.481 e. The maximum absolute atomic E-state index is 14.3. The number of aliphatic hydroxyl groups excluding tert-OH is 2. The van der Waals surface area contributed by atoms with Crippen molar-refractivity contribution in [3.63, 3.8) is 0 Å². The maximum atomic E-state index is 14.3. The predicted molar refractivity (Wildman–Crippen MR) is 241 cm³/mol. The normalized spacial score (nSPS) is 15.1. The number of H-pyrrole nitrogens is 2. The Morgan fingerprint density at radius 1 is 0.591 bits per heavy atom. The van der Waals surface area contributed by atoms with E-state index in [1.807, 2.05) is 0 Å². The number of nitrogens with one attached hydrogen (secondary N) is 8. The van der Waals surface area contributed by atoms with E-state index >= 15 is 0 Å². The van der Waals surface area contributed by atoms with E-state index in [-0.39, 0.29) is 25.2 Å². The number of fused-ring (bicyclic) bond motifs is 2. The van der Waals surface area contributed by atoms with Crippen molar-refractivity contribution in [2.75, 3.05) is 6.61 Å². The van der Waals surface area contributed by atoms with E-state index in [1.54, 1.807) is 88.6 Å². The number of carboxylic acids is 2. The number of aromatic amines is 2. The lowest BCUT2D eigenvalue weighted by molar-refractivity contribution is -0.143. The van der Waals surface area contributed by atoms with Crippen LogP contribution in [-0.4, -0.2) is 133 Å². The van der Waals surface area contributed by atoms with Crippen molar-refractivity contribution in [3.05, 3.63) is 72.1 Å². The van der Waals surface area contributed by atoms with Crippen molar-refractivity contribution < 1.29 is 58.8 Å². The number of carbonyl (C=O) groups is 8. The van der Waals surface area contributed by atoms with Crippen LogP contribution >= 0.6 is 0 Å². The molecule has 0 unspecified atom stereocenters. The van der Waals surface area contributed by atoms with Gasteiger partial charge in [0.2, 0.25) is 35.4 Å². The Kier molecular flexibility index (Phi) is 18.8. The van der Waals surface area contributed by atoms with Crippen molar-refractivity contribution in [2.24, 2.45) is 17.6 Å². The van der Waals surface area contributed by atoms with Crippen LogP contribution in [0.25, 0.3) is 21.8 Å². The number of rotatable bonds is 25. The summed E-state index contributed by atoms with van der Waals surface area (Å²) in [6, 6.07) is 4.02. The third-order valence-corrected chi connectivity index (χ3v) is 10.9. The van der Waals surface area contributed by atoms with Crippen molar-refractivity contribution >= 4 is 69.2 Å². The summed E-state index contributed by atoms with van der Waals surface area (Å²) in [4.78, 5) is 113. The van der Waals surface area contributed by atoms with Crippen LogP contribution in [0.3, 0.4) is 0 Å². The molecule has 0 bridgehead atoms. The minimum atomic E-state index is -1.80. The monoisotopic (exact) mass is 919 g/mol. The molecule has 6 amide bonds. The lowest BCUT2D eigenvalue weighted by Gasteiger charge is -2.29. The molecule has 0 fully saturated rings. The molecule has 8 atom stereocenters. The number of aromatic nitrogens is 2. The van der Waals surface area contributed by atoms with Crippen molar-refractivity contribution in [1.29, 1.82) is 0 Å². The molecule has 358 valence electrons. The lowest BCUT2D eigenvalue weighted by Crippen LogP contribution is -2.62. The van der Waals surface area contributed by atoms with Gasteiger partial charge in [0.25, 0.3) is 0 Å². The fourth-order valence-electron chi connectivity index (χ4n) is 7.29. The molecular formula is C45H61N9O12. The van der Waals surface area contributed by atoms with Crippen LogP contribution in [0.15, 0.2) is 60.9 Å². The molecule has 2 aromatic heterocycles. The van der Waals surface area contributed by atoms with Gasteiger partial charge in [0.15, 0.2) is 0 Å². The molecule has 0 aliphatic rings. The quantitative estimate of drug-likeness (QED) is 0.0407. The molecule has 4 rings (SSSR count). The molecule has 14 N–H and O–H groups in total. The van der Waals surface area contributed by atoms with Gasteiger partial charge < -0.3 is 68.0 Å². The van der Waals surface area contributed by atoms with Gasteiger partial charge in [0.1, 0.15) is 42.3 Å². The van der Waals surface area contributed by atoms with Crippen LogP contribution in [0, 0.1) is 11.8 Å². The van der Waals surface area contributed by atoms with Crippen LogP contribution in [0.5, 0.6) is 0 Å². The molecule has 4 aromatic rings. The third kappa shape index (κ3) is 14.3. The van der Waals surface area contributed by atoms with E-state index in [2.05, 4.69) is 41.9 Å². The molecule has 2 heterocycles. The molecule has 0 aliphatic heterocycles. The van der Waals surface area contributed by atoms with E-state index in [1.165, 1.54) is 6.92 Å². The molecule has 0 aliphatic carbocycles. The Labute approximate surface area is 380 Å². The first kappa shape index (κ1) is 51.8. The van der Waals surface area contributed by atoms with Gasteiger partial charge in [-0.1, -0.05) is 64.1 Å². The smallest absolute Gasteiger partial charge is 0.326 e. The highest BCUT2D eigenvalue weighted by Crippen LogP contribution is 2.21. The highest BCUT2D eigenvalue weighted by molar-refractivity contribution is 5.98. The number of benzene rings is 2. The summed E-state index contributed by atoms with van der Waals surface area (Å²) in [7, 11) is 0. The fourth-order valence-corrected chi connectivity index (χ4v) is 7.29. The number of amides is 6. The Morgan fingerprint density at radius 2 is 1.03 bits per heavy atom. The first-order valence-corrected chi connectivity index (χ1v) is 21.6. The van der Waals surface area contributed by atoms with Gasteiger partial charge in [0, 0.05) is 53.5 Å². The van der Waals surface area contributed by atoms with Gasteiger partial charge in [-0.15, -0.1) is 0 Å². The number of aliphatic hydroxyl groups is 2. The molecule has 0 spiro atoms. The Hall–Kier alpha value is -6.84. The second-order valence-corrected chi connectivity index (χ2v) is 17.0. The lowest BCUT2D eigenvalue weighted by atomic mass is 9.99. The number of para-hydroxylation sites is 2.